The molecule has 0 aliphatic carbocycles. The van der Waals surface area contributed by atoms with Gasteiger partial charge in [0.2, 0.25) is 0 Å². The highest BCUT2D eigenvalue weighted by Crippen LogP contribution is 2.39. The lowest BCUT2D eigenvalue weighted by molar-refractivity contribution is -0.137. The van der Waals surface area contributed by atoms with Gasteiger partial charge in [-0.15, -0.1) is 0 Å². The fourth-order valence-corrected chi connectivity index (χ4v) is 6.32. The van der Waals surface area contributed by atoms with E-state index in [2.05, 4.69) is 5.32 Å². The van der Waals surface area contributed by atoms with Gasteiger partial charge in [0.15, 0.2) is 9.84 Å². The van der Waals surface area contributed by atoms with Crippen LogP contribution in [0.25, 0.3) is 0 Å². The van der Waals surface area contributed by atoms with Crippen molar-refractivity contribution in [3.63, 3.8) is 0 Å². The maximum atomic E-state index is 13.4. The van der Waals surface area contributed by atoms with Gasteiger partial charge in [-0.1, -0.05) is 6.07 Å². The molecule has 0 atom stereocenters. The monoisotopic (exact) mass is 538 g/mol. The Kier molecular flexibility index (Phi) is 7.84. The van der Waals surface area contributed by atoms with Gasteiger partial charge in [-0.05, 0) is 95.8 Å². The summed E-state index contributed by atoms with van der Waals surface area (Å²) in [4.78, 5) is 26.6. The highest BCUT2D eigenvalue weighted by Gasteiger charge is 2.45. The van der Waals surface area contributed by atoms with E-state index in [9.17, 15) is 31.2 Å². The Balaban J connectivity index is 1.69. The fraction of sp³-hybridized carbons (Fsp3) is 0.481. The van der Waals surface area contributed by atoms with Crippen molar-refractivity contribution in [1.29, 1.82) is 0 Å². The lowest BCUT2D eigenvalue weighted by atomic mass is 9.85. The number of amides is 2. The number of nitrogens with zero attached hydrogens (tertiary/aromatic N) is 1. The molecule has 202 valence electrons. The number of hydrogen-bond acceptors (Lipinski definition) is 4. The second kappa shape index (κ2) is 10.1. The number of hydrogen-bond donors (Lipinski definition) is 1. The average Bonchev–Trinajstić information content (AvgIpc) is 2.82. The zero-order valence-electron chi connectivity index (χ0n) is 21.6. The average molecular weight is 539 g/mol. The minimum Gasteiger partial charge on any atom is -0.347 e. The summed E-state index contributed by atoms with van der Waals surface area (Å²) in [6, 6.07) is 10.2. The van der Waals surface area contributed by atoms with Gasteiger partial charge in [0.1, 0.15) is 0 Å². The molecule has 0 unspecified atom stereocenters. The van der Waals surface area contributed by atoms with E-state index >= 15 is 0 Å². The molecule has 1 heterocycles. The van der Waals surface area contributed by atoms with Crippen LogP contribution in [0.1, 0.15) is 73.7 Å². The van der Waals surface area contributed by atoms with Crippen LogP contribution < -0.4 is 5.32 Å². The third kappa shape index (κ3) is 6.34. The Labute approximate surface area is 216 Å². The number of alkyl halides is 3. The van der Waals surface area contributed by atoms with Crippen LogP contribution in [0.3, 0.4) is 0 Å². The minimum absolute atomic E-state index is 0.222. The number of nitrogens with one attached hydrogen (secondary N) is 1. The molecule has 2 aromatic rings. The molecule has 3 rings (SSSR count). The first-order valence-electron chi connectivity index (χ1n) is 12.1. The molecule has 6 nitrogen and oxygen atoms in total. The second-order valence-electron chi connectivity index (χ2n) is 11.0. The molecule has 1 aliphatic heterocycles. The first-order chi connectivity index (χ1) is 16.9. The second-order valence-corrected chi connectivity index (χ2v) is 13.5. The Hall–Kier alpha value is -2.88. The lowest BCUT2D eigenvalue weighted by Gasteiger charge is -2.40. The number of carbonyl (C=O) groups excluding carboxylic acids is 2. The van der Waals surface area contributed by atoms with Crippen molar-refractivity contribution in [3.05, 3.63) is 65.2 Å². The summed E-state index contributed by atoms with van der Waals surface area (Å²) in [5.41, 5.74) is -0.543. The number of benzene rings is 2. The molecule has 0 aromatic heterocycles. The van der Waals surface area contributed by atoms with Crippen molar-refractivity contribution in [2.75, 3.05) is 13.1 Å². The summed E-state index contributed by atoms with van der Waals surface area (Å²) in [5, 5.41) is 2.86. The molecule has 1 saturated heterocycles. The molecule has 1 aliphatic rings. The van der Waals surface area contributed by atoms with Crippen LogP contribution >= 0.6 is 0 Å². The smallest absolute Gasteiger partial charge is 0.347 e. The van der Waals surface area contributed by atoms with Crippen molar-refractivity contribution in [3.8, 4) is 0 Å². The lowest BCUT2D eigenvalue weighted by Crippen LogP contribution is -2.47. The number of carbonyl (C=O) groups is 2. The van der Waals surface area contributed by atoms with Gasteiger partial charge in [-0.25, -0.2) is 8.42 Å². The standard InChI is InChI=1S/C27H33F3N2O4S/c1-25(2,3)31-23(33)18-9-11-19(12-10-18)24(34)32-15-13-20(14-16-32)26(4,5)37(35,36)22-8-6-7-21(17-22)27(28,29)30/h6-12,17,20H,13-16H2,1-5H3,(H,31,33). The summed E-state index contributed by atoms with van der Waals surface area (Å²) >= 11 is 0. The van der Waals surface area contributed by atoms with E-state index in [0.717, 1.165) is 12.1 Å². The van der Waals surface area contributed by atoms with Gasteiger partial charge < -0.3 is 10.2 Å². The zero-order valence-corrected chi connectivity index (χ0v) is 22.5. The van der Waals surface area contributed by atoms with E-state index in [0.29, 0.717) is 43.1 Å². The maximum Gasteiger partial charge on any atom is 0.416 e. The molecule has 37 heavy (non-hydrogen) atoms. The summed E-state index contributed by atoms with van der Waals surface area (Å²) in [5.74, 6) is -0.809. The number of sulfone groups is 1. The van der Waals surface area contributed by atoms with Gasteiger partial charge in [-0.3, -0.25) is 9.59 Å². The van der Waals surface area contributed by atoms with Crippen LogP contribution in [0.5, 0.6) is 0 Å². The van der Waals surface area contributed by atoms with Gasteiger partial charge in [0.25, 0.3) is 11.8 Å². The van der Waals surface area contributed by atoms with E-state index in [4.69, 9.17) is 0 Å². The van der Waals surface area contributed by atoms with Crippen molar-refractivity contribution in [1.82, 2.24) is 10.2 Å². The Morgan fingerprint density at radius 3 is 1.95 bits per heavy atom. The topological polar surface area (TPSA) is 83.6 Å². The van der Waals surface area contributed by atoms with Crippen LogP contribution in [0, 0.1) is 5.92 Å². The molecule has 1 fully saturated rings. The minimum atomic E-state index is -4.64. The van der Waals surface area contributed by atoms with Gasteiger partial charge >= 0.3 is 6.18 Å². The molecule has 10 heteroatoms. The van der Waals surface area contributed by atoms with Crippen molar-refractivity contribution in [2.24, 2.45) is 5.92 Å². The predicted molar refractivity (Wildman–Crippen MR) is 135 cm³/mol. The molecular formula is C27H33F3N2O4S. The first kappa shape index (κ1) is 28.7. The highest BCUT2D eigenvalue weighted by atomic mass is 32.2. The maximum absolute atomic E-state index is 13.4. The molecule has 0 saturated carbocycles. The van der Waals surface area contributed by atoms with Crippen molar-refractivity contribution in [2.45, 2.75) is 68.8 Å². The third-order valence-corrected chi connectivity index (χ3v) is 9.41. The molecular weight excluding hydrogens is 505 g/mol. The Morgan fingerprint density at radius 2 is 1.43 bits per heavy atom. The molecule has 0 radical (unpaired) electrons. The van der Waals surface area contributed by atoms with E-state index in [1.807, 2.05) is 20.8 Å². The summed E-state index contributed by atoms with van der Waals surface area (Å²) < 4.78 is 64.8. The molecule has 2 amide bonds. The Morgan fingerprint density at radius 1 is 0.892 bits per heavy atom. The summed E-state index contributed by atoms with van der Waals surface area (Å²) in [7, 11) is -4.08. The Bertz CT molecular complexity index is 1260. The molecule has 0 bridgehead atoms. The highest BCUT2D eigenvalue weighted by molar-refractivity contribution is 7.92. The molecule has 0 spiro atoms. The van der Waals surface area contributed by atoms with Crippen molar-refractivity contribution < 1.29 is 31.2 Å². The zero-order chi connectivity index (χ0) is 27.8. The molecule has 2 aromatic carbocycles. The summed E-state index contributed by atoms with van der Waals surface area (Å²) in [6.07, 6.45) is -3.86. The van der Waals surface area contributed by atoms with E-state index in [1.165, 1.54) is 19.9 Å². The van der Waals surface area contributed by atoms with E-state index < -0.39 is 31.9 Å². The number of rotatable bonds is 5. The van der Waals surface area contributed by atoms with Gasteiger partial charge in [0.05, 0.1) is 15.2 Å². The fourth-order valence-electron chi connectivity index (χ4n) is 4.50. The van der Waals surface area contributed by atoms with E-state index in [1.54, 1.807) is 29.2 Å². The van der Waals surface area contributed by atoms with Crippen LogP contribution in [0.2, 0.25) is 0 Å². The van der Waals surface area contributed by atoms with Crippen LogP contribution in [-0.2, 0) is 16.0 Å². The largest absolute Gasteiger partial charge is 0.416 e. The molecule has 1 N–H and O–H groups in total. The van der Waals surface area contributed by atoms with E-state index in [-0.39, 0.29) is 22.6 Å². The number of likely N-dealkylation sites (tertiary alicyclic amines) is 1. The van der Waals surface area contributed by atoms with Crippen LogP contribution in [0.15, 0.2) is 53.4 Å². The van der Waals surface area contributed by atoms with Crippen LogP contribution in [0.4, 0.5) is 13.2 Å². The quantitative estimate of drug-likeness (QED) is 0.557. The van der Waals surface area contributed by atoms with Crippen LogP contribution in [-0.4, -0.2) is 48.5 Å². The number of halogens is 3. The predicted octanol–water partition coefficient (Wildman–Crippen LogP) is 5.34. The van der Waals surface area contributed by atoms with Crippen molar-refractivity contribution >= 4 is 21.7 Å². The normalized spacial score (nSPS) is 15.9. The van der Waals surface area contributed by atoms with Gasteiger partial charge in [0, 0.05) is 29.8 Å². The first-order valence-corrected chi connectivity index (χ1v) is 13.6. The third-order valence-electron chi connectivity index (χ3n) is 6.81. The SMILES string of the molecule is CC(C)(C)NC(=O)c1ccc(C(=O)N2CCC(C(C)(C)S(=O)(=O)c3cccc(C(F)(F)F)c3)CC2)cc1. The van der Waals surface area contributed by atoms with Gasteiger partial charge in [-0.2, -0.15) is 13.2 Å². The number of piperidine rings is 1. The summed E-state index contributed by atoms with van der Waals surface area (Å²) in [6.45, 7) is 9.32.